The highest BCUT2D eigenvalue weighted by atomic mass is 35.5. The van der Waals surface area contributed by atoms with Crippen molar-refractivity contribution in [1.82, 2.24) is 5.32 Å². The maximum Gasteiger partial charge on any atom is 0.238 e. The quantitative estimate of drug-likeness (QED) is 0.799. The summed E-state index contributed by atoms with van der Waals surface area (Å²) in [5.74, 6) is 0.586. The van der Waals surface area contributed by atoms with Crippen molar-refractivity contribution in [3.05, 3.63) is 29.8 Å². The van der Waals surface area contributed by atoms with Crippen molar-refractivity contribution in [3.8, 4) is 5.75 Å². The Morgan fingerprint density at radius 1 is 1.53 bits per heavy atom. The molecule has 1 aromatic rings. The lowest BCUT2D eigenvalue weighted by atomic mass is 10.2. The summed E-state index contributed by atoms with van der Waals surface area (Å²) in [7, 11) is 1.60. The Labute approximate surface area is 94.4 Å². The molecule has 0 aliphatic carbocycles. The molecule has 0 radical (unpaired) electrons. The van der Waals surface area contributed by atoms with Crippen molar-refractivity contribution in [2.45, 2.75) is 18.8 Å². The van der Waals surface area contributed by atoms with Gasteiger partial charge >= 0.3 is 0 Å². The Morgan fingerprint density at radius 3 is 2.80 bits per heavy atom. The normalized spacial score (nSPS) is 11.9. The van der Waals surface area contributed by atoms with E-state index in [-0.39, 0.29) is 5.91 Å². The van der Waals surface area contributed by atoms with Gasteiger partial charge in [-0.1, -0.05) is 18.2 Å². The number of benzene rings is 1. The van der Waals surface area contributed by atoms with Crippen LogP contribution < -0.4 is 10.1 Å². The molecule has 1 amide bonds. The van der Waals surface area contributed by atoms with Crippen molar-refractivity contribution in [3.63, 3.8) is 0 Å². The molecule has 0 saturated heterocycles. The van der Waals surface area contributed by atoms with E-state index >= 15 is 0 Å². The molecule has 1 atom stereocenters. The van der Waals surface area contributed by atoms with Crippen LogP contribution in [0.25, 0.3) is 0 Å². The van der Waals surface area contributed by atoms with Gasteiger partial charge in [-0.25, -0.2) is 0 Å². The summed E-state index contributed by atoms with van der Waals surface area (Å²) in [4.78, 5) is 11.2. The van der Waals surface area contributed by atoms with Crippen LogP contribution in [0.5, 0.6) is 5.75 Å². The number of nitrogens with one attached hydrogen (secondary N) is 1. The molecule has 0 fully saturated rings. The van der Waals surface area contributed by atoms with E-state index in [1.54, 1.807) is 14.0 Å². The first-order valence-corrected chi connectivity index (χ1v) is 5.12. The van der Waals surface area contributed by atoms with E-state index < -0.39 is 5.38 Å². The summed E-state index contributed by atoms with van der Waals surface area (Å²) in [5, 5.41) is 2.21. The van der Waals surface area contributed by atoms with Gasteiger partial charge in [-0.3, -0.25) is 4.79 Å². The third-order valence-electron chi connectivity index (χ3n) is 2.01. The van der Waals surface area contributed by atoms with Crippen LogP contribution in [0.2, 0.25) is 0 Å². The second-order valence-corrected chi connectivity index (χ2v) is 3.80. The molecule has 4 heteroatoms. The fraction of sp³-hybridized carbons (Fsp3) is 0.364. The number of carbonyl (C=O) groups is 1. The summed E-state index contributed by atoms with van der Waals surface area (Å²) in [6.07, 6.45) is 0. The van der Waals surface area contributed by atoms with E-state index in [1.165, 1.54) is 0 Å². The number of ether oxygens (including phenoxy) is 1. The average molecular weight is 228 g/mol. The predicted molar refractivity (Wildman–Crippen MR) is 60.2 cm³/mol. The predicted octanol–water partition coefficient (Wildman–Crippen LogP) is 1.94. The van der Waals surface area contributed by atoms with Gasteiger partial charge in [0.2, 0.25) is 5.91 Å². The zero-order chi connectivity index (χ0) is 11.3. The van der Waals surface area contributed by atoms with Crippen LogP contribution in [0.1, 0.15) is 12.5 Å². The number of carbonyl (C=O) groups excluding carboxylic acids is 1. The minimum Gasteiger partial charge on any atom is -0.496 e. The van der Waals surface area contributed by atoms with Gasteiger partial charge in [-0.05, 0) is 13.0 Å². The monoisotopic (exact) mass is 227 g/mol. The highest BCUT2D eigenvalue weighted by molar-refractivity contribution is 6.30. The molecule has 1 aromatic carbocycles. The second-order valence-electron chi connectivity index (χ2n) is 3.15. The Balaban J connectivity index is 2.61. The van der Waals surface area contributed by atoms with Crippen LogP contribution in [-0.4, -0.2) is 18.4 Å². The van der Waals surface area contributed by atoms with Gasteiger partial charge in [0.1, 0.15) is 11.1 Å². The average Bonchev–Trinajstić information content (AvgIpc) is 2.26. The zero-order valence-electron chi connectivity index (χ0n) is 8.79. The number of para-hydroxylation sites is 1. The topological polar surface area (TPSA) is 38.3 Å². The standard InChI is InChI=1S/C11H14ClNO2/c1-8(12)11(14)13-7-9-5-3-4-6-10(9)15-2/h3-6,8H,7H2,1-2H3,(H,13,14). The molecular weight excluding hydrogens is 214 g/mol. The molecule has 15 heavy (non-hydrogen) atoms. The number of halogens is 1. The lowest BCUT2D eigenvalue weighted by molar-refractivity contribution is -0.120. The highest BCUT2D eigenvalue weighted by Crippen LogP contribution is 2.16. The van der Waals surface area contributed by atoms with Crippen LogP contribution in [0.3, 0.4) is 0 Å². The fourth-order valence-electron chi connectivity index (χ4n) is 1.17. The van der Waals surface area contributed by atoms with Crippen molar-refractivity contribution >= 4 is 17.5 Å². The molecule has 82 valence electrons. The molecule has 0 saturated carbocycles. The number of rotatable bonds is 4. The smallest absolute Gasteiger partial charge is 0.238 e. The Hall–Kier alpha value is -1.22. The first kappa shape index (κ1) is 11.9. The van der Waals surface area contributed by atoms with Crippen LogP contribution in [0.4, 0.5) is 0 Å². The fourth-order valence-corrected chi connectivity index (χ4v) is 1.25. The van der Waals surface area contributed by atoms with Crippen molar-refractivity contribution in [1.29, 1.82) is 0 Å². The number of methoxy groups -OCH3 is 1. The third-order valence-corrected chi connectivity index (χ3v) is 2.21. The Bertz CT molecular complexity index is 339. The molecule has 0 heterocycles. The summed E-state index contributed by atoms with van der Waals surface area (Å²) >= 11 is 5.62. The molecule has 0 aromatic heterocycles. The van der Waals surface area contributed by atoms with E-state index in [0.717, 1.165) is 11.3 Å². The molecule has 1 N–H and O–H groups in total. The first-order valence-electron chi connectivity index (χ1n) is 4.69. The van der Waals surface area contributed by atoms with Crippen LogP contribution in [0.15, 0.2) is 24.3 Å². The van der Waals surface area contributed by atoms with E-state index in [9.17, 15) is 4.79 Å². The molecular formula is C11H14ClNO2. The molecule has 0 aliphatic heterocycles. The van der Waals surface area contributed by atoms with Crippen molar-refractivity contribution < 1.29 is 9.53 Å². The Morgan fingerprint density at radius 2 is 2.20 bits per heavy atom. The van der Waals surface area contributed by atoms with E-state index in [1.807, 2.05) is 24.3 Å². The van der Waals surface area contributed by atoms with Gasteiger partial charge in [0.25, 0.3) is 0 Å². The molecule has 1 unspecified atom stereocenters. The third kappa shape index (κ3) is 3.44. The second kappa shape index (κ2) is 5.61. The van der Waals surface area contributed by atoms with Gasteiger partial charge in [0, 0.05) is 12.1 Å². The number of amides is 1. The van der Waals surface area contributed by atoms with Crippen LogP contribution in [0, 0.1) is 0 Å². The first-order chi connectivity index (χ1) is 7.15. The molecule has 1 rings (SSSR count). The van der Waals surface area contributed by atoms with Crippen molar-refractivity contribution in [2.75, 3.05) is 7.11 Å². The SMILES string of the molecule is COc1ccccc1CNC(=O)C(C)Cl. The molecule has 3 nitrogen and oxygen atoms in total. The van der Waals surface area contributed by atoms with E-state index in [4.69, 9.17) is 16.3 Å². The summed E-state index contributed by atoms with van der Waals surface area (Å²) in [6, 6.07) is 7.53. The number of hydrogen-bond donors (Lipinski definition) is 1. The van der Waals surface area contributed by atoms with Crippen LogP contribution in [-0.2, 0) is 11.3 Å². The van der Waals surface area contributed by atoms with Gasteiger partial charge in [-0.2, -0.15) is 0 Å². The zero-order valence-corrected chi connectivity index (χ0v) is 9.54. The largest absolute Gasteiger partial charge is 0.496 e. The summed E-state index contributed by atoms with van der Waals surface area (Å²) in [6.45, 7) is 2.07. The maximum atomic E-state index is 11.2. The van der Waals surface area contributed by atoms with Gasteiger partial charge < -0.3 is 10.1 Å². The van der Waals surface area contributed by atoms with Gasteiger partial charge in [0.15, 0.2) is 0 Å². The number of hydrogen-bond acceptors (Lipinski definition) is 2. The number of alkyl halides is 1. The lowest BCUT2D eigenvalue weighted by Gasteiger charge is -2.10. The molecule has 0 spiro atoms. The summed E-state index contributed by atoms with van der Waals surface area (Å²) in [5.41, 5.74) is 0.936. The lowest BCUT2D eigenvalue weighted by Crippen LogP contribution is -2.29. The minimum atomic E-state index is -0.514. The van der Waals surface area contributed by atoms with E-state index in [2.05, 4.69) is 5.32 Å². The van der Waals surface area contributed by atoms with E-state index in [0.29, 0.717) is 6.54 Å². The van der Waals surface area contributed by atoms with Gasteiger partial charge in [0.05, 0.1) is 7.11 Å². The van der Waals surface area contributed by atoms with Crippen molar-refractivity contribution in [2.24, 2.45) is 0 Å². The maximum absolute atomic E-state index is 11.2. The minimum absolute atomic E-state index is 0.178. The Kier molecular flexibility index (Phi) is 4.43. The highest BCUT2D eigenvalue weighted by Gasteiger charge is 2.09. The molecule has 0 bridgehead atoms. The van der Waals surface area contributed by atoms with Crippen LogP contribution >= 0.6 is 11.6 Å². The molecule has 0 aliphatic rings. The summed E-state index contributed by atoms with van der Waals surface area (Å²) < 4.78 is 5.15. The van der Waals surface area contributed by atoms with Gasteiger partial charge in [-0.15, -0.1) is 11.6 Å².